The van der Waals surface area contributed by atoms with Crippen LogP contribution in [0.3, 0.4) is 0 Å². The van der Waals surface area contributed by atoms with Crippen LogP contribution in [0.25, 0.3) is 0 Å². The minimum absolute atomic E-state index is 0.00254. The van der Waals surface area contributed by atoms with Crippen LogP contribution in [0, 0.1) is 12.8 Å². The van der Waals surface area contributed by atoms with Crippen LogP contribution in [0.15, 0.2) is 22.7 Å². The Hall–Kier alpha value is -2.71. The number of benzene rings is 1. The Kier molecular flexibility index (Phi) is 7.68. The molecule has 1 amide bonds. The average molecular weight is 477 g/mol. The first-order valence-corrected chi connectivity index (χ1v) is 12.3. The smallest absolute Gasteiger partial charge is 0.322 e. The molecule has 1 N–H and O–H groups in total. The molecule has 186 valence electrons. The van der Waals surface area contributed by atoms with Gasteiger partial charge in [0.1, 0.15) is 5.75 Å². The second-order valence-corrected chi connectivity index (χ2v) is 9.64. The molecule has 1 aliphatic heterocycles. The summed E-state index contributed by atoms with van der Waals surface area (Å²) in [4.78, 5) is 18.3. The molecule has 34 heavy (non-hydrogen) atoms. The molecule has 0 unspecified atom stereocenters. The molecule has 4 rings (SSSR count). The maximum Gasteiger partial charge on any atom is 0.322 e. The number of hydrogen-bond acceptors (Lipinski definition) is 6. The summed E-state index contributed by atoms with van der Waals surface area (Å²) in [6.45, 7) is 4.76. The fraction of sp³-hybridized carbons (Fsp3) is 0.640. The fourth-order valence-corrected chi connectivity index (χ4v) is 4.82. The van der Waals surface area contributed by atoms with E-state index in [0.717, 1.165) is 69.9 Å². The van der Waals surface area contributed by atoms with Gasteiger partial charge in [-0.1, -0.05) is 12.8 Å². The molecule has 2 heterocycles. The molecule has 0 radical (unpaired) electrons. The molecule has 0 spiro atoms. The number of rotatable bonds is 9. The van der Waals surface area contributed by atoms with E-state index in [1.165, 1.54) is 12.8 Å². The lowest BCUT2D eigenvalue weighted by Gasteiger charge is -2.30. The normalized spacial score (nSPS) is 17.8. The molecule has 1 saturated heterocycles. The number of ether oxygens (including phenoxy) is 1. The molecular formula is C25H34F2N4O3. The van der Waals surface area contributed by atoms with Gasteiger partial charge in [0.25, 0.3) is 17.7 Å². The lowest BCUT2D eigenvalue weighted by molar-refractivity contribution is -0.0158. The monoisotopic (exact) mass is 476 g/mol. The van der Waals surface area contributed by atoms with Crippen LogP contribution in [0.5, 0.6) is 5.75 Å². The van der Waals surface area contributed by atoms with Crippen LogP contribution in [-0.4, -0.2) is 41.8 Å². The molecule has 1 saturated carbocycles. The summed E-state index contributed by atoms with van der Waals surface area (Å²) in [5, 5.41) is 6.84. The zero-order valence-corrected chi connectivity index (χ0v) is 20.0. The van der Waals surface area contributed by atoms with Crippen molar-refractivity contribution >= 4 is 11.9 Å². The Labute approximate surface area is 199 Å². The second-order valence-electron chi connectivity index (χ2n) is 9.64. The molecule has 2 aromatic rings. The molecule has 1 aliphatic carbocycles. The Morgan fingerprint density at radius 1 is 1.24 bits per heavy atom. The van der Waals surface area contributed by atoms with Gasteiger partial charge in [-0.15, -0.1) is 0 Å². The van der Waals surface area contributed by atoms with E-state index in [9.17, 15) is 13.6 Å². The van der Waals surface area contributed by atoms with Crippen molar-refractivity contribution in [3.8, 4) is 5.75 Å². The first-order chi connectivity index (χ1) is 16.3. The SMILES string of the molecule is Cc1cc(OCCCC2CCN(c3noc(C(C)(F)F)n3)CC2)ccc1C(=O)NC1CCCC1. The van der Waals surface area contributed by atoms with E-state index < -0.39 is 11.8 Å². The van der Waals surface area contributed by atoms with Crippen molar-refractivity contribution in [1.29, 1.82) is 0 Å². The highest BCUT2D eigenvalue weighted by atomic mass is 19.3. The van der Waals surface area contributed by atoms with Gasteiger partial charge in [-0.05, 0) is 80.3 Å². The minimum atomic E-state index is -3.12. The van der Waals surface area contributed by atoms with Gasteiger partial charge in [0.2, 0.25) is 0 Å². The number of aryl methyl sites for hydroxylation is 1. The number of alkyl halides is 2. The van der Waals surface area contributed by atoms with Crippen LogP contribution in [0.2, 0.25) is 0 Å². The van der Waals surface area contributed by atoms with E-state index in [2.05, 4.69) is 15.5 Å². The first kappa shape index (κ1) is 24.4. The van der Waals surface area contributed by atoms with E-state index in [1.54, 1.807) is 0 Å². The average Bonchev–Trinajstić information content (AvgIpc) is 3.49. The summed E-state index contributed by atoms with van der Waals surface area (Å²) >= 11 is 0. The van der Waals surface area contributed by atoms with Crippen LogP contribution in [0.4, 0.5) is 14.7 Å². The second kappa shape index (κ2) is 10.7. The van der Waals surface area contributed by atoms with Gasteiger partial charge in [0.05, 0.1) is 6.61 Å². The van der Waals surface area contributed by atoms with Crippen LogP contribution in [0.1, 0.15) is 80.1 Å². The standard InChI is InChI=1S/C25H34F2N4O3/c1-17-16-20(9-10-21(17)22(32)28-19-7-3-4-8-19)33-15-5-6-18-11-13-31(14-12-18)24-29-23(34-30-24)25(2,26)27/h9-10,16,18-19H,3-8,11-15H2,1-2H3,(H,28,32). The molecule has 0 atom stereocenters. The van der Waals surface area contributed by atoms with Gasteiger partial charge >= 0.3 is 5.92 Å². The molecule has 1 aromatic carbocycles. The Balaban J connectivity index is 1.16. The molecule has 2 aliphatic rings. The topological polar surface area (TPSA) is 80.5 Å². The zero-order chi connectivity index (χ0) is 24.1. The number of carbonyl (C=O) groups excluding carboxylic acids is 1. The van der Waals surface area contributed by atoms with Gasteiger partial charge < -0.3 is 19.5 Å². The zero-order valence-electron chi connectivity index (χ0n) is 20.0. The van der Waals surface area contributed by atoms with Gasteiger partial charge in [-0.25, -0.2) is 0 Å². The lowest BCUT2D eigenvalue weighted by Crippen LogP contribution is -2.34. The van der Waals surface area contributed by atoms with E-state index in [0.29, 0.717) is 24.1 Å². The van der Waals surface area contributed by atoms with Crippen molar-refractivity contribution in [3.63, 3.8) is 0 Å². The largest absolute Gasteiger partial charge is 0.494 e. The van der Waals surface area contributed by atoms with E-state index in [4.69, 9.17) is 9.26 Å². The third-order valence-electron chi connectivity index (χ3n) is 6.85. The third-order valence-corrected chi connectivity index (χ3v) is 6.85. The Morgan fingerprint density at radius 2 is 1.97 bits per heavy atom. The number of hydrogen-bond donors (Lipinski definition) is 1. The highest BCUT2D eigenvalue weighted by Crippen LogP contribution is 2.29. The quantitative estimate of drug-likeness (QED) is 0.499. The van der Waals surface area contributed by atoms with Gasteiger partial charge in [0, 0.05) is 31.6 Å². The van der Waals surface area contributed by atoms with Gasteiger partial charge in [-0.3, -0.25) is 4.79 Å². The minimum Gasteiger partial charge on any atom is -0.494 e. The number of anilines is 1. The molecule has 0 bridgehead atoms. The van der Waals surface area contributed by atoms with Crippen molar-refractivity contribution in [3.05, 3.63) is 35.2 Å². The number of amides is 1. The summed E-state index contributed by atoms with van der Waals surface area (Å²) in [7, 11) is 0. The summed E-state index contributed by atoms with van der Waals surface area (Å²) in [5.41, 5.74) is 1.63. The Morgan fingerprint density at radius 3 is 2.62 bits per heavy atom. The predicted molar refractivity (Wildman–Crippen MR) is 124 cm³/mol. The van der Waals surface area contributed by atoms with Gasteiger partial charge in [0.15, 0.2) is 0 Å². The van der Waals surface area contributed by atoms with Crippen molar-refractivity contribution in [2.75, 3.05) is 24.6 Å². The highest BCUT2D eigenvalue weighted by Gasteiger charge is 2.33. The summed E-state index contributed by atoms with van der Waals surface area (Å²) in [6, 6.07) is 5.96. The van der Waals surface area contributed by atoms with Crippen LogP contribution >= 0.6 is 0 Å². The van der Waals surface area contributed by atoms with Crippen molar-refractivity contribution in [1.82, 2.24) is 15.5 Å². The number of nitrogens with one attached hydrogen (secondary N) is 1. The number of aromatic nitrogens is 2. The van der Waals surface area contributed by atoms with Crippen molar-refractivity contribution in [2.45, 2.75) is 77.2 Å². The van der Waals surface area contributed by atoms with Crippen LogP contribution < -0.4 is 15.0 Å². The van der Waals surface area contributed by atoms with E-state index >= 15 is 0 Å². The lowest BCUT2D eigenvalue weighted by atomic mass is 9.92. The highest BCUT2D eigenvalue weighted by molar-refractivity contribution is 5.96. The summed E-state index contributed by atoms with van der Waals surface area (Å²) in [5.74, 6) is -2.17. The number of carbonyl (C=O) groups is 1. The maximum atomic E-state index is 13.3. The summed E-state index contributed by atoms with van der Waals surface area (Å²) < 4.78 is 37.2. The Bertz CT molecular complexity index is 961. The third kappa shape index (κ3) is 6.24. The maximum absolute atomic E-state index is 13.3. The number of nitrogens with zero attached hydrogens (tertiary/aromatic N) is 3. The van der Waals surface area contributed by atoms with E-state index in [-0.39, 0.29) is 11.9 Å². The first-order valence-electron chi connectivity index (χ1n) is 12.3. The fourth-order valence-electron chi connectivity index (χ4n) is 4.82. The van der Waals surface area contributed by atoms with Crippen molar-refractivity contribution < 1.29 is 22.8 Å². The molecule has 7 nitrogen and oxygen atoms in total. The van der Waals surface area contributed by atoms with Crippen molar-refractivity contribution in [2.24, 2.45) is 5.92 Å². The molecule has 2 fully saturated rings. The predicted octanol–water partition coefficient (Wildman–Crippen LogP) is 5.24. The molecular weight excluding hydrogens is 442 g/mol. The molecule has 1 aromatic heterocycles. The van der Waals surface area contributed by atoms with E-state index in [1.807, 2.05) is 30.0 Å². The molecule has 9 heteroatoms. The number of halogens is 2. The van der Waals surface area contributed by atoms with Crippen LogP contribution in [-0.2, 0) is 5.92 Å². The van der Waals surface area contributed by atoms with Gasteiger partial charge in [-0.2, -0.15) is 13.8 Å². The number of piperidine rings is 1. The summed E-state index contributed by atoms with van der Waals surface area (Å²) in [6.07, 6.45) is 8.40.